The molecule has 82 valence electrons. The molecule has 16 heavy (non-hydrogen) atoms. The van der Waals surface area contributed by atoms with E-state index in [1.54, 1.807) is 29.9 Å². The zero-order valence-electron chi connectivity index (χ0n) is 8.93. The fraction of sp³-hybridized carbons (Fsp3) is 0.182. The molecule has 0 bridgehead atoms. The Kier molecular flexibility index (Phi) is 2.23. The summed E-state index contributed by atoms with van der Waals surface area (Å²) in [4.78, 5) is 21.8. The number of nitro benzene ring substituents is 1. The highest BCUT2D eigenvalue weighted by Gasteiger charge is 2.19. The number of hydrogen-bond acceptors (Lipinski definition) is 3. The Hall–Kier alpha value is -2.17. The fourth-order valence-electron chi connectivity index (χ4n) is 1.84. The number of rotatable bonds is 2. The van der Waals surface area contributed by atoms with Crippen LogP contribution in [0.3, 0.4) is 0 Å². The molecule has 2 aromatic rings. The van der Waals surface area contributed by atoms with E-state index in [-0.39, 0.29) is 11.5 Å². The van der Waals surface area contributed by atoms with Crippen LogP contribution in [0.1, 0.15) is 17.3 Å². The molecule has 0 fully saturated rings. The summed E-state index contributed by atoms with van der Waals surface area (Å²) in [5.74, 6) is -0.167. The number of carbonyl (C=O) groups excluding carboxylic acids is 1. The highest BCUT2D eigenvalue weighted by molar-refractivity contribution is 6.10. The third kappa shape index (κ3) is 1.37. The molecule has 5 nitrogen and oxygen atoms in total. The second kappa shape index (κ2) is 3.44. The number of ketones is 1. The van der Waals surface area contributed by atoms with Crippen molar-refractivity contribution in [2.24, 2.45) is 7.05 Å². The van der Waals surface area contributed by atoms with Crippen LogP contribution in [0.2, 0.25) is 0 Å². The number of carbonyl (C=O) groups is 1. The summed E-state index contributed by atoms with van der Waals surface area (Å²) in [5.41, 5.74) is 1.06. The second-order valence-corrected chi connectivity index (χ2v) is 3.64. The first-order valence-electron chi connectivity index (χ1n) is 4.75. The van der Waals surface area contributed by atoms with E-state index in [1.807, 2.05) is 0 Å². The maximum Gasteiger partial charge on any atom is 0.279 e. The molecular formula is C11H10N2O3. The van der Waals surface area contributed by atoms with Crippen LogP contribution in [0.15, 0.2) is 24.4 Å². The minimum Gasteiger partial charge on any atom is -0.350 e. The number of Topliss-reactive ketones (excluding diaryl/α,β-unsaturated/α-hetero) is 1. The number of fused-ring (bicyclic) bond motifs is 1. The first-order chi connectivity index (χ1) is 7.52. The van der Waals surface area contributed by atoms with E-state index in [4.69, 9.17) is 0 Å². The molecule has 0 saturated carbocycles. The van der Waals surface area contributed by atoms with Crippen molar-refractivity contribution in [1.29, 1.82) is 0 Å². The van der Waals surface area contributed by atoms with E-state index in [0.717, 1.165) is 0 Å². The van der Waals surface area contributed by atoms with E-state index in [0.29, 0.717) is 16.5 Å². The van der Waals surface area contributed by atoms with Crippen molar-refractivity contribution in [2.75, 3.05) is 0 Å². The van der Waals surface area contributed by atoms with Crippen molar-refractivity contribution < 1.29 is 9.72 Å². The minimum atomic E-state index is -0.464. The van der Waals surface area contributed by atoms with Gasteiger partial charge in [-0.3, -0.25) is 14.9 Å². The summed E-state index contributed by atoms with van der Waals surface area (Å²) >= 11 is 0. The monoisotopic (exact) mass is 218 g/mol. The van der Waals surface area contributed by atoms with Crippen molar-refractivity contribution in [2.45, 2.75) is 6.92 Å². The SMILES string of the molecule is CC(=O)c1cn(C)c2cccc([N+](=O)[O-])c12. The normalized spacial score (nSPS) is 10.6. The Morgan fingerprint density at radius 1 is 1.44 bits per heavy atom. The molecule has 0 spiro atoms. The predicted octanol–water partition coefficient (Wildman–Crippen LogP) is 2.29. The van der Waals surface area contributed by atoms with Gasteiger partial charge < -0.3 is 4.57 Å². The Balaban J connectivity index is 2.93. The van der Waals surface area contributed by atoms with Crippen molar-refractivity contribution in [3.63, 3.8) is 0 Å². The van der Waals surface area contributed by atoms with E-state index < -0.39 is 4.92 Å². The molecule has 1 heterocycles. The van der Waals surface area contributed by atoms with Gasteiger partial charge in [-0.25, -0.2) is 0 Å². The maximum atomic E-state index is 11.4. The average Bonchev–Trinajstić information content (AvgIpc) is 2.56. The van der Waals surface area contributed by atoms with Crippen molar-refractivity contribution >= 4 is 22.4 Å². The smallest absolute Gasteiger partial charge is 0.279 e. The largest absolute Gasteiger partial charge is 0.350 e. The molecule has 0 aliphatic carbocycles. The van der Waals surface area contributed by atoms with E-state index in [2.05, 4.69) is 0 Å². The lowest BCUT2D eigenvalue weighted by Crippen LogP contribution is -1.93. The molecule has 0 saturated heterocycles. The molecule has 0 unspecified atom stereocenters. The zero-order chi connectivity index (χ0) is 11.9. The number of aryl methyl sites for hydroxylation is 1. The van der Waals surface area contributed by atoms with Crippen molar-refractivity contribution in [1.82, 2.24) is 4.57 Å². The number of benzene rings is 1. The summed E-state index contributed by atoms with van der Waals surface area (Å²) in [7, 11) is 1.76. The average molecular weight is 218 g/mol. The van der Waals surface area contributed by atoms with Gasteiger partial charge in [0.1, 0.15) is 0 Å². The van der Waals surface area contributed by atoms with Crippen LogP contribution in [0.5, 0.6) is 0 Å². The van der Waals surface area contributed by atoms with Gasteiger partial charge in [-0.15, -0.1) is 0 Å². The minimum absolute atomic E-state index is 0.0247. The van der Waals surface area contributed by atoms with Gasteiger partial charge in [-0.05, 0) is 13.0 Å². The van der Waals surface area contributed by atoms with Crippen LogP contribution in [0.25, 0.3) is 10.9 Å². The molecule has 0 N–H and O–H groups in total. The van der Waals surface area contributed by atoms with Gasteiger partial charge in [0.15, 0.2) is 5.78 Å². The van der Waals surface area contributed by atoms with Crippen LogP contribution in [-0.2, 0) is 7.05 Å². The summed E-state index contributed by atoms with van der Waals surface area (Å²) in [6, 6.07) is 4.79. The van der Waals surface area contributed by atoms with Gasteiger partial charge in [-0.2, -0.15) is 0 Å². The predicted molar refractivity (Wildman–Crippen MR) is 59.6 cm³/mol. The maximum absolute atomic E-state index is 11.4. The topological polar surface area (TPSA) is 65.1 Å². The van der Waals surface area contributed by atoms with Crippen molar-refractivity contribution in [3.05, 3.63) is 40.1 Å². The lowest BCUT2D eigenvalue weighted by atomic mass is 10.1. The van der Waals surface area contributed by atoms with Crippen LogP contribution in [0, 0.1) is 10.1 Å². The Morgan fingerprint density at radius 3 is 2.69 bits per heavy atom. The van der Waals surface area contributed by atoms with Gasteiger partial charge in [0.05, 0.1) is 15.8 Å². The number of hydrogen-bond donors (Lipinski definition) is 0. The molecule has 5 heteroatoms. The van der Waals surface area contributed by atoms with Gasteiger partial charge in [0.2, 0.25) is 0 Å². The molecule has 1 aromatic carbocycles. The molecule has 0 aliphatic rings. The molecule has 0 amide bonds. The Morgan fingerprint density at radius 2 is 2.12 bits per heavy atom. The van der Waals surface area contributed by atoms with Gasteiger partial charge in [0.25, 0.3) is 5.69 Å². The fourth-order valence-corrected chi connectivity index (χ4v) is 1.84. The third-order valence-electron chi connectivity index (χ3n) is 2.57. The van der Waals surface area contributed by atoms with E-state index in [1.165, 1.54) is 13.0 Å². The van der Waals surface area contributed by atoms with Crippen LogP contribution in [0.4, 0.5) is 5.69 Å². The van der Waals surface area contributed by atoms with Crippen LogP contribution in [-0.4, -0.2) is 15.3 Å². The summed E-state index contributed by atoms with van der Waals surface area (Å²) in [6.45, 7) is 1.41. The summed E-state index contributed by atoms with van der Waals surface area (Å²) in [5, 5.41) is 11.3. The number of nitro groups is 1. The first kappa shape index (κ1) is 10.4. The van der Waals surface area contributed by atoms with Gasteiger partial charge in [-0.1, -0.05) is 6.07 Å². The van der Waals surface area contributed by atoms with E-state index in [9.17, 15) is 14.9 Å². The molecule has 1 aromatic heterocycles. The number of aromatic nitrogens is 1. The quantitative estimate of drug-likeness (QED) is 0.441. The molecule has 0 atom stereocenters. The number of nitrogens with zero attached hydrogens (tertiary/aromatic N) is 2. The highest BCUT2D eigenvalue weighted by atomic mass is 16.6. The number of non-ortho nitro benzene ring substituents is 1. The summed E-state index contributed by atoms with van der Waals surface area (Å²) in [6.07, 6.45) is 1.62. The Labute approximate surface area is 91.4 Å². The Bertz CT molecular complexity index is 599. The van der Waals surface area contributed by atoms with Crippen LogP contribution < -0.4 is 0 Å². The molecule has 0 radical (unpaired) electrons. The standard InChI is InChI=1S/C11H10N2O3/c1-7(14)8-6-12(2)9-4-3-5-10(11(8)9)13(15)16/h3-6H,1-2H3. The third-order valence-corrected chi connectivity index (χ3v) is 2.57. The van der Waals surface area contributed by atoms with E-state index >= 15 is 0 Å². The zero-order valence-corrected chi connectivity index (χ0v) is 8.93. The summed E-state index contributed by atoms with van der Waals surface area (Å²) < 4.78 is 1.72. The molecular weight excluding hydrogens is 208 g/mol. The van der Waals surface area contributed by atoms with Crippen LogP contribution >= 0.6 is 0 Å². The molecule has 0 aliphatic heterocycles. The molecule has 2 rings (SSSR count). The van der Waals surface area contributed by atoms with Crippen molar-refractivity contribution in [3.8, 4) is 0 Å². The van der Waals surface area contributed by atoms with Gasteiger partial charge in [0, 0.05) is 24.9 Å². The van der Waals surface area contributed by atoms with Gasteiger partial charge >= 0.3 is 0 Å². The first-order valence-corrected chi connectivity index (χ1v) is 4.75. The lowest BCUT2D eigenvalue weighted by molar-refractivity contribution is -0.383. The highest BCUT2D eigenvalue weighted by Crippen LogP contribution is 2.30. The second-order valence-electron chi connectivity index (χ2n) is 3.64. The lowest BCUT2D eigenvalue weighted by Gasteiger charge is -1.97.